The van der Waals surface area contributed by atoms with E-state index in [4.69, 9.17) is 21.1 Å². The molecule has 3 aliphatic rings. The molecule has 0 radical (unpaired) electrons. The number of carbonyl (C=O) groups is 1. The average molecular weight is 715 g/mol. The maximum atomic E-state index is 14.3. The van der Waals surface area contributed by atoms with Gasteiger partial charge in [0.1, 0.15) is 22.8 Å². The maximum Gasteiger partial charge on any atom is 0.257 e. The number of carbonyl (C=O) groups excluding carboxylic acids is 1. The summed E-state index contributed by atoms with van der Waals surface area (Å²) in [5.41, 5.74) is 0.332. The second-order valence-corrected chi connectivity index (χ2v) is 15.7. The van der Waals surface area contributed by atoms with E-state index in [0.717, 1.165) is 52.0 Å². The van der Waals surface area contributed by atoms with Crippen LogP contribution in [-0.4, -0.2) is 98.2 Å². The lowest BCUT2D eigenvalue weighted by atomic mass is 9.72. The molecule has 1 amide bonds. The number of rotatable bonds is 11. The summed E-state index contributed by atoms with van der Waals surface area (Å²) in [6.07, 6.45) is 6.68. The molecule has 1 N–H and O–H groups in total. The number of piperidine rings is 1. The highest BCUT2D eigenvalue weighted by Gasteiger charge is 2.46. The second kappa shape index (κ2) is 14.9. The highest BCUT2D eigenvalue weighted by molar-refractivity contribution is 7.89. The van der Waals surface area contributed by atoms with Crippen LogP contribution in [0.3, 0.4) is 0 Å². The Morgan fingerprint density at radius 2 is 1.92 bits per heavy atom. The SMILES string of the molecule is CCN(C(=O)c1cc(F)ccc1Oc1cncnc1N1CC2(CCN(C[C@@H]3CC[C@@H](NS(=O)(=O)c4ccccc4Cl)CO3)CC2)C1)C(C)C. The number of anilines is 1. The maximum absolute atomic E-state index is 14.3. The predicted molar refractivity (Wildman–Crippen MR) is 185 cm³/mol. The van der Waals surface area contributed by atoms with Crippen LogP contribution in [0.4, 0.5) is 10.2 Å². The highest BCUT2D eigenvalue weighted by Crippen LogP contribution is 2.45. The van der Waals surface area contributed by atoms with Crippen molar-refractivity contribution in [2.45, 2.75) is 69.5 Å². The molecule has 0 unspecified atom stereocenters. The molecule has 4 heterocycles. The van der Waals surface area contributed by atoms with Gasteiger partial charge in [-0.25, -0.2) is 27.5 Å². The smallest absolute Gasteiger partial charge is 0.257 e. The molecule has 49 heavy (non-hydrogen) atoms. The van der Waals surface area contributed by atoms with Crippen molar-refractivity contribution in [1.82, 2.24) is 24.5 Å². The van der Waals surface area contributed by atoms with Crippen LogP contribution >= 0.6 is 11.6 Å². The Hall–Kier alpha value is -3.36. The summed E-state index contributed by atoms with van der Waals surface area (Å²) in [4.78, 5) is 28.4. The molecule has 3 fully saturated rings. The first kappa shape index (κ1) is 35.5. The number of sulfonamides is 1. The number of aromatic nitrogens is 2. The van der Waals surface area contributed by atoms with E-state index in [1.54, 1.807) is 29.3 Å². The summed E-state index contributed by atoms with van der Waals surface area (Å²) in [6.45, 7) is 10.9. The fraction of sp³-hybridized carbons (Fsp3) is 0.514. The molecule has 14 heteroatoms. The van der Waals surface area contributed by atoms with Gasteiger partial charge in [-0.15, -0.1) is 0 Å². The van der Waals surface area contributed by atoms with Crippen LogP contribution in [0.25, 0.3) is 0 Å². The number of ether oxygens (including phenoxy) is 2. The van der Waals surface area contributed by atoms with E-state index in [9.17, 15) is 17.6 Å². The molecule has 3 aliphatic heterocycles. The number of benzene rings is 2. The summed E-state index contributed by atoms with van der Waals surface area (Å²) in [7, 11) is -3.72. The van der Waals surface area contributed by atoms with Crippen molar-refractivity contribution in [3.8, 4) is 11.5 Å². The molecule has 11 nitrogen and oxygen atoms in total. The first-order valence-electron chi connectivity index (χ1n) is 16.9. The second-order valence-electron chi connectivity index (χ2n) is 13.6. The molecule has 3 saturated heterocycles. The first-order chi connectivity index (χ1) is 23.5. The van der Waals surface area contributed by atoms with Gasteiger partial charge >= 0.3 is 0 Å². The van der Waals surface area contributed by atoms with Gasteiger partial charge in [-0.1, -0.05) is 23.7 Å². The first-order valence-corrected chi connectivity index (χ1v) is 18.8. The average Bonchev–Trinajstić information content (AvgIpc) is 3.06. The van der Waals surface area contributed by atoms with E-state index >= 15 is 0 Å². The number of amides is 1. The molecular weight excluding hydrogens is 671 g/mol. The van der Waals surface area contributed by atoms with Crippen molar-refractivity contribution in [3.05, 3.63) is 71.4 Å². The minimum absolute atomic E-state index is 0.0513. The van der Waals surface area contributed by atoms with E-state index in [1.165, 1.54) is 30.6 Å². The summed E-state index contributed by atoms with van der Waals surface area (Å²) in [5.74, 6) is 0.533. The molecule has 0 bridgehead atoms. The molecule has 0 saturated carbocycles. The molecule has 3 aromatic rings. The third kappa shape index (κ3) is 8.01. The number of nitrogens with one attached hydrogen (secondary N) is 1. The fourth-order valence-corrected chi connectivity index (χ4v) is 8.89. The zero-order valence-corrected chi connectivity index (χ0v) is 29.7. The Labute approximate surface area is 292 Å². The standard InChI is InChI=1S/C35H44ClFN6O5S/c1-4-43(24(2)3)34(44)28-17-25(37)9-12-30(28)48-31-18-38-23-39-33(31)42-21-35(22-42)13-15-41(16-14-35)19-27-11-10-26(20-47-27)40-49(45,46)32-8-6-5-7-29(32)36/h5-9,12,17-18,23-24,26-27,40H,4,10-11,13-16,19-22H2,1-3H3/t26-,27+/m1/s1. The van der Waals surface area contributed by atoms with E-state index in [-0.39, 0.29) is 50.7 Å². The Bertz CT molecular complexity index is 1740. The van der Waals surface area contributed by atoms with Gasteiger partial charge in [0.25, 0.3) is 5.91 Å². The molecule has 264 valence electrons. The van der Waals surface area contributed by atoms with Crippen LogP contribution in [0.15, 0.2) is 59.9 Å². The Kier molecular flexibility index (Phi) is 10.8. The summed E-state index contributed by atoms with van der Waals surface area (Å²) < 4.78 is 55.0. The van der Waals surface area contributed by atoms with Crippen LogP contribution in [0.1, 0.15) is 56.8 Å². The largest absolute Gasteiger partial charge is 0.451 e. The van der Waals surface area contributed by atoms with Gasteiger partial charge in [0.15, 0.2) is 11.6 Å². The third-order valence-corrected chi connectivity index (χ3v) is 11.8. The predicted octanol–water partition coefficient (Wildman–Crippen LogP) is 5.36. The Morgan fingerprint density at radius 3 is 2.59 bits per heavy atom. The molecule has 2 aromatic carbocycles. The number of hydrogen-bond acceptors (Lipinski definition) is 9. The molecule has 2 atom stereocenters. The summed E-state index contributed by atoms with van der Waals surface area (Å²) in [6, 6.07) is 10.1. The van der Waals surface area contributed by atoms with Gasteiger partial charge < -0.3 is 24.2 Å². The number of halogens is 2. The third-order valence-electron chi connectivity index (χ3n) is 9.82. The lowest BCUT2D eigenvalue weighted by Crippen LogP contribution is -2.61. The summed E-state index contributed by atoms with van der Waals surface area (Å²) in [5, 5.41) is 0.199. The van der Waals surface area contributed by atoms with Gasteiger partial charge in [-0.3, -0.25) is 4.79 Å². The van der Waals surface area contributed by atoms with E-state index in [1.807, 2.05) is 20.8 Å². The van der Waals surface area contributed by atoms with Crippen molar-refractivity contribution in [3.63, 3.8) is 0 Å². The van der Waals surface area contributed by atoms with Crippen LogP contribution in [-0.2, 0) is 14.8 Å². The molecule has 1 spiro atoms. The minimum atomic E-state index is -3.72. The van der Waals surface area contributed by atoms with E-state index in [0.29, 0.717) is 31.1 Å². The van der Waals surface area contributed by atoms with Crippen LogP contribution < -0.4 is 14.4 Å². The Morgan fingerprint density at radius 1 is 1.16 bits per heavy atom. The lowest BCUT2D eigenvalue weighted by Gasteiger charge is -2.54. The fourth-order valence-electron chi connectivity index (χ4n) is 7.11. The van der Waals surface area contributed by atoms with Crippen molar-refractivity contribution in [1.29, 1.82) is 0 Å². The van der Waals surface area contributed by atoms with Crippen molar-refractivity contribution in [2.24, 2.45) is 5.41 Å². The van der Waals surface area contributed by atoms with Gasteiger partial charge in [0.2, 0.25) is 10.0 Å². The molecular formula is C35H44ClFN6O5S. The van der Waals surface area contributed by atoms with Gasteiger partial charge in [-0.2, -0.15) is 0 Å². The minimum Gasteiger partial charge on any atom is -0.451 e. The number of likely N-dealkylation sites (tertiary alicyclic amines) is 1. The zero-order chi connectivity index (χ0) is 34.8. The van der Waals surface area contributed by atoms with Crippen LogP contribution in [0, 0.1) is 11.2 Å². The number of nitrogens with zero attached hydrogens (tertiary/aromatic N) is 5. The summed E-state index contributed by atoms with van der Waals surface area (Å²) >= 11 is 6.12. The number of hydrogen-bond donors (Lipinski definition) is 1. The van der Waals surface area contributed by atoms with E-state index in [2.05, 4.69) is 24.5 Å². The van der Waals surface area contributed by atoms with Gasteiger partial charge in [-0.05, 0) is 89.9 Å². The van der Waals surface area contributed by atoms with Crippen molar-refractivity contribution >= 4 is 33.3 Å². The van der Waals surface area contributed by atoms with Crippen LogP contribution in [0.2, 0.25) is 5.02 Å². The molecule has 1 aromatic heterocycles. The van der Waals surface area contributed by atoms with Crippen LogP contribution in [0.5, 0.6) is 11.5 Å². The molecule has 0 aliphatic carbocycles. The molecule has 6 rings (SSSR count). The normalized spacial score (nSPS) is 21.1. The Balaban J connectivity index is 1.00. The monoisotopic (exact) mass is 714 g/mol. The quantitative estimate of drug-likeness (QED) is 0.280. The highest BCUT2D eigenvalue weighted by atomic mass is 35.5. The van der Waals surface area contributed by atoms with E-state index < -0.39 is 15.8 Å². The zero-order valence-electron chi connectivity index (χ0n) is 28.1. The van der Waals surface area contributed by atoms with Gasteiger partial charge in [0.05, 0.1) is 29.5 Å². The lowest BCUT2D eigenvalue weighted by molar-refractivity contribution is -0.0299. The van der Waals surface area contributed by atoms with Crippen molar-refractivity contribution in [2.75, 3.05) is 50.8 Å². The topological polar surface area (TPSA) is 117 Å². The van der Waals surface area contributed by atoms with Crippen molar-refractivity contribution < 1.29 is 27.1 Å². The van der Waals surface area contributed by atoms with Gasteiger partial charge in [0, 0.05) is 43.7 Å².